The number of pyridine rings is 1. The second-order valence-corrected chi connectivity index (χ2v) is 3.46. The number of hydrogen-bond donors (Lipinski definition) is 0. The summed E-state index contributed by atoms with van der Waals surface area (Å²) >= 11 is 0. The highest BCUT2D eigenvalue weighted by Crippen LogP contribution is 2.24. The Morgan fingerprint density at radius 1 is 1.24 bits per heavy atom. The van der Waals surface area contributed by atoms with Gasteiger partial charge in [-0.05, 0) is 11.6 Å². The number of methoxy groups -OCH3 is 1. The predicted molar refractivity (Wildman–Crippen MR) is 61.6 cm³/mol. The summed E-state index contributed by atoms with van der Waals surface area (Å²) in [6, 6.07) is 8.50. The van der Waals surface area contributed by atoms with Gasteiger partial charge in [-0.15, -0.1) is 0 Å². The van der Waals surface area contributed by atoms with E-state index in [9.17, 15) is 9.18 Å². The molecule has 0 spiro atoms. The Bertz CT molecular complexity index is 538. The van der Waals surface area contributed by atoms with Gasteiger partial charge in [-0.25, -0.2) is 4.98 Å². The lowest BCUT2D eigenvalue weighted by molar-refractivity contribution is 0.112. The minimum absolute atomic E-state index is 0.0990. The molecule has 0 saturated heterocycles. The van der Waals surface area contributed by atoms with Crippen LogP contribution in [-0.4, -0.2) is 18.4 Å². The van der Waals surface area contributed by atoms with Crippen LogP contribution in [0, 0.1) is 5.95 Å². The average molecular weight is 231 g/mol. The van der Waals surface area contributed by atoms with Crippen molar-refractivity contribution in [3.05, 3.63) is 48.0 Å². The number of benzene rings is 1. The molecule has 0 aliphatic rings. The van der Waals surface area contributed by atoms with Crippen molar-refractivity contribution in [1.29, 1.82) is 0 Å². The Morgan fingerprint density at radius 3 is 2.53 bits per heavy atom. The van der Waals surface area contributed by atoms with E-state index in [-0.39, 0.29) is 5.75 Å². The quantitative estimate of drug-likeness (QED) is 0.602. The number of hydrogen-bond acceptors (Lipinski definition) is 3. The van der Waals surface area contributed by atoms with E-state index in [1.54, 1.807) is 30.3 Å². The van der Waals surface area contributed by atoms with Gasteiger partial charge in [-0.3, -0.25) is 4.79 Å². The maximum Gasteiger partial charge on any atom is 0.255 e. The standard InChI is InChI=1S/C13H10FNO2/c1-17-12-6-11(7-15-13(12)14)10-4-2-9(8-16)3-5-10/h2-8H,1H3. The maximum absolute atomic E-state index is 13.1. The molecule has 0 atom stereocenters. The molecule has 3 nitrogen and oxygen atoms in total. The van der Waals surface area contributed by atoms with Gasteiger partial charge in [0.2, 0.25) is 0 Å². The summed E-state index contributed by atoms with van der Waals surface area (Å²) in [6.45, 7) is 0. The molecule has 0 radical (unpaired) electrons. The van der Waals surface area contributed by atoms with Gasteiger partial charge in [0.15, 0.2) is 5.75 Å². The van der Waals surface area contributed by atoms with Crippen LogP contribution in [0.15, 0.2) is 36.5 Å². The van der Waals surface area contributed by atoms with Gasteiger partial charge in [0.05, 0.1) is 7.11 Å². The normalized spacial score (nSPS) is 10.0. The van der Waals surface area contributed by atoms with E-state index in [2.05, 4.69) is 4.98 Å². The second kappa shape index (κ2) is 4.74. The lowest BCUT2D eigenvalue weighted by atomic mass is 10.1. The van der Waals surface area contributed by atoms with Crippen molar-refractivity contribution in [2.45, 2.75) is 0 Å². The van der Waals surface area contributed by atoms with Crippen molar-refractivity contribution in [1.82, 2.24) is 4.98 Å². The summed E-state index contributed by atoms with van der Waals surface area (Å²) in [6.07, 6.45) is 2.20. The van der Waals surface area contributed by atoms with Crippen LogP contribution in [-0.2, 0) is 0 Å². The zero-order chi connectivity index (χ0) is 12.3. The fraction of sp³-hybridized carbons (Fsp3) is 0.0769. The summed E-state index contributed by atoms with van der Waals surface area (Å²) in [7, 11) is 1.39. The van der Waals surface area contributed by atoms with Crippen LogP contribution in [0.5, 0.6) is 5.75 Å². The van der Waals surface area contributed by atoms with E-state index >= 15 is 0 Å². The summed E-state index contributed by atoms with van der Waals surface area (Å²) in [4.78, 5) is 14.1. The Balaban J connectivity index is 2.41. The van der Waals surface area contributed by atoms with Crippen LogP contribution >= 0.6 is 0 Å². The zero-order valence-electron chi connectivity index (χ0n) is 9.18. The van der Waals surface area contributed by atoms with Gasteiger partial charge in [0.1, 0.15) is 6.29 Å². The summed E-state index contributed by atoms with van der Waals surface area (Å²) in [5.41, 5.74) is 2.18. The third kappa shape index (κ3) is 2.30. The van der Waals surface area contributed by atoms with Crippen molar-refractivity contribution < 1.29 is 13.9 Å². The van der Waals surface area contributed by atoms with E-state index in [1.165, 1.54) is 13.3 Å². The summed E-state index contributed by atoms with van der Waals surface area (Å²) in [5, 5.41) is 0. The lowest BCUT2D eigenvalue weighted by Crippen LogP contribution is -1.92. The Morgan fingerprint density at radius 2 is 1.94 bits per heavy atom. The molecule has 0 fully saturated rings. The number of carbonyl (C=O) groups is 1. The number of halogens is 1. The van der Waals surface area contributed by atoms with Crippen LogP contribution in [0.4, 0.5) is 4.39 Å². The number of rotatable bonds is 3. The highest BCUT2D eigenvalue weighted by atomic mass is 19.1. The topological polar surface area (TPSA) is 39.2 Å². The van der Waals surface area contributed by atoms with Crippen LogP contribution in [0.2, 0.25) is 0 Å². The van der Waals surface area contributed by atoms with Crippen molar-refractivity contribution in [3.63, 3.8) is 0 Å². The van der Waals surface area contributed by atoms with Crippen LogP contribution < -0.4 is 4.74 Å². The van der Waals surface area contributed by atoms with Gasteiger partial charge in [0, 0.05) is 17.3 Å². The first-order chi connectivity index (χ1) is 8.24. The number of aldehydes is 1. The Labute approximate surface area is 97.9 Å². The van der Waals surface area contributed by atoms with Gasteiger partial charge in [0.25, 0.3) is 5.95 Å². The summed E-state index contributed by atoms with van der Waals surface area (Å²) < 4.78 is 18.0. The van der Waals surface area contributed by atoms with Gasteiger partial charge in [-0.1, -0.05) is 24.3 Å². The van der Waals surface area contributed by atoms with Gasteiger partial charge in [-0.2, -0.15) is 4.39 Å². The van der Waals surface area contributed by atoms with Gasteiger partial charge >= 0.3 is 0 Å². The molecular formula is C13H10FNO2. The fourth-order valence-corrected chi connectivity index (χ4v) is 1.48. The molecule has 0 N–H and O–H groups in total. The largest absolute Gasteiger partial charge is 0.492 e. The van der Waals surface area contributed by atoms with Crippen molar-refractivity contribution in [3.8, 4) is 16.9 Å². The molecule has 17 heavy (non-hydrogen) atoms. The predicted octanol–water partition coefficient (Wildman–Crippen LogP) is 2.71. The number of ether oxygens (including phenoxy) is 1. The van der Waals surface area contributed by atoms with Crippen LogP contribution in [0.25, 0.3) is 11.1 Å². The highest BCUT2D eigenvalue weighted by Gasteiger charge is 2.06. The molecule has 1 heterocycles. The number of carbonyl (C=O) groups excluding carboxylic acids is 1. The van der Waals surface area contributed by atoms with Crippen LogP contribution in [0.3, 0.4) is 0 Å². The van der Waals surface area contributed by atoms with Crippen molar-refractivity contribution in [2.24, 2.45) is 0 Å². The molecule has 1 aromatic carbocycles. The smallest absolute Gasteiger partial charge is 0.255 e. The first-order valence-corrected chi connectivity index (χ1v) is 4.99. The molecule has 2 aromatic rings. The molecule has 4 heteroatoms. The van der Waals surface area contributed by atoms with Crippen molar-refractivity contribution >= 4 is 6.29 Å². The minimum Gasteiger partial charge on any atom is -0.492 e. The monoisotopic (exact) mass is 231 g/mol. The molecule has 0 unspecified atom stereocenters. The van der Waals surface area contributed by atoms with Gasteiger partial charge < -0.3 is 4.74 Å². The fourth-order valence-electron chi connectivity index (χ4n) is 1.48. The maximum atomic E-state index is 13.1. The van der Waals surface area contributed by atoms with E-state index in [4.69, 9.17) is 4.74 Å². The highest BCUT2D eigenvalue weighted by molar-refractivity contribution is 5.76. The average Bonchev–Trinajstić information content (AvgIpc) is 2.39. The molecule has 0 bridgehead atoms. The van der Waals surface area contributed by atoms with Crippen molar-refractivity contribution in [2.75, 3.05) is 7.11 Å². The number of aromatic nitrogens is 1. The molecule has 0 amide bonds. The van der Waals surface area contributed by atoms with E-state index in [0.717, 1.165) is 17.4 Å². The SMILES string of the molecule is COc1cc(-c2ccc(C=O)cc2)cnc1F. The Kier molecular flexibility index (Phi) is 3.14. The molecule has 86 valence electrons. The second-order valence-electron chi connectivity index (χ2n) is 3.46. The molecule has 0 saturated carbocycles. The molecule has 1 aromatic heterocycles. The first-order valence-electron chi connectivity index (χ1n) is 4.99. The van der Waals surface area contributed by atoms with E-state index < -0.39 is 5.95 Å². The third-order valence-corrected chi connectivity index (χ3v) is 2.41. The molecule has 0 aliphatic heterocycles. The number of nitrogens with zero attached hydrogens (tertiary/aromatic N) is 1. The third-order valence-electron chi connectivity index (χ3n) is 2.41. The minimum atomic E-state index is -0.638. The molecule has 0 aliphatic carbocycles. The zero-order valence-corrected chi connectivity index (χ0v) is 9.18. The Hall–Kier alpha value is -2.23. The lowest BCUT2D eigenvalue weighted by Gasteiger charge is -2.05. The van der Waals surface area contributed by atoms with E-state index in [1.807, 2.05) is 0 Å². The van der Waals surface area contributed by atoms with Crippen LogP contribution in [0.1, 0.15) is 10.4 Å². The summed E-state index contributed by atoms with van der Waals surface area (Å²) in [5.74, 6) is -0.539. The first kappa shape index (κ1) is 11.3. The molecule has 2 rings (SSSR count). The molecular weight excluding hydrogens is 221 g/mol. The van der Waals surface area contributed by atoms with E-state index in [0.29, 0.717) is 5.56 Å².